The molecule has 1 aliphatic rings. The number of nitrogens with zero attached hydrogens (tertiary/aromatic N) is 4. The van der Waals surface area contributed by atoms with E-state index in [0.717, 1.165) is 39.3 Å². The molecule has 0 saturated heterocycles. The second-order valence-corrected chi connectivity index (χ2v) is 11.6. The fraction of sp³-hybridized carbons (Fsp3) is 0. The lowest BCUT2D eigenvalue weighted by Crippen LogP contribution is -2.17. The van der Waals surface area contributed by atoms with Gasteiger partial charge in [-0.05, 0) is 46.3 Å². The summed E-state index contributed by atoms with van der Waals surface area (Å²) in [5.41, 5.74) is 10.8. The Morgan fingerprint density at radius 1 is 0.340 bits per heavy atom. The van der Waals surface area contributed by atoms with Gasteiger partial charge in [-0.15, -0.1) is 0 Å². The van der Waals surface area contributed by atoms with Crippen molar-refractivity contribution in [1.29, 1.82) is 0 Å². The van der Waals surface area contributed by atoms with Gasteiger partial charge in [0, 0.05) is 33.3 Å². The summed E-state index contributed by atoms with van der Waals surface area (Å²) in [5.74, 6) is 1.92. The van der Waals surface area contributed by atoms with Crippen molar-refractivity contribution in [2.45, 2.75) is 0 Å². The summed E-state index contributed by atoms with van der Waals surface area (Å²) in [6, 6.07) is 59.2. The van der Waals surface area contributed by atoms with Gasteiger partial charge in [0.15, 0.2) is 17.5 Å². The molecular weight excluding hydrogens is 573 g/mol. The third-order valence-electron chi connectivity index (χ3n) is 8.85. The highest BCUT2D eigenvalue weighted by atomic mass is 15.2. The van der Waals surface area contributed by atoms with Crippen molar-refractivity contribution in [2.75, 3.05) is 4.90 Å². The minimum absolute atomic E-state index is 0.631. The molecule has 8 aromatic rings. The molecule has 0 unspecified atom stereocenters. The number of anilines is 3. The van der Waals surface area contributed by atoms with Gasteiger partial charge in [-0.3, -0.25) is 0 Å². The van der Waals surface area contributed by atoms with Crippen LogP contribution in [0.2, 0.25) is 0 Å². The Bertz CT molecular complexity index is 2330. The molecule has 0 bridgehead atoms. The van der Waals surface area contributed by atoms with Crippen molar-refractivity contribution in [2.24, 2.45) is 0 Å². The zero-order valence-corrected chi connectivity index (χ0v) is 25.5. The number of hydrogen-bond acceptors (Lipinski definition) is 4. The van der Waals surface area contributed by atoms with E-state index < -0.39 is 0 Å². The van der Waals surface area contributed by atoms with Gasteiger partial charge >= 0.3 is 0 Å². The maximum Gasteiger partial charge on any atom is 0.166 e. The summed E-state index contributed by atoms with van der Waals surface area (Å²) >= 11 is 0. The van der Waals surface area contributed by atoms with Crippen LogP contribution in [0.15, 0.2) is 170 Å². The predicted molar refractivity (Wildman–Crippen MR) is 193 cm³/mol. The topological polar surface area (TPSA) is 41.9 Å². The third-order valence-corrected chi connectivity index (χ3v) is 8.85. The van der Waals surface area contributed by atoms with Gasteiger partial charge in [0.25, 0.3) is 0 Å². The van der Waals surface area contributed by atoms with E-state index in [1.807, 2.05) is 60.7 Å². The Morgan fingerprint density at radius 3 is 1.49 bits per heavy atom. The first-order valence-corrected chi connectivity index (χ1v) is 15.8. The number of hydrogen-bond donors (Lipinski definition) is 0. The summed E-state index contributed by atoms with van der Waals surface area (Å²) in [6.45, 7) is 0. The Balaban J connectivity index is 1.35. The first-order valence-electron chi connectivity index (χ1n) is 15.8. The van der Waals surface area contributed by atoms with Crippen molar-refractivity contribution in [3.8, 4) is 56.4 Å². The standard InChI is InChI=1S/C43H28N4/c1-5-15-29(16-6-1)33-27-28-38-39-34(33)23-13-24-35(39)36-25-14-26-37(40(36)47(38)32-21-11-4-12-22-32)43-45-41(30-17-7-2-8-18-30)44-42(46-43)31-19-9-3-10-20-31/h1-28H. The second-order valence-electron chi connectivity index (χ2n) is 11.6. The molecule has 9 rings (SSSR count). The van der Waals surface area contributed by atoms with Crippen LogP contribution in [0.5, 0.6) is 0 Å². The van der Waals surface area contributed by atoms with Gasteiger partial charge in [0.05, 0.1) is 11.4 Å². The molecule has 0 N–H and O–H groups in total. The molecule has 0 atom stereocenters. The van der Waals surface area contributed by atoms with Crippen LogP contribution in [0.25, 0.3) is 67.2 Å². The molecular formula is C43H28N4. The number of aromatic nitrogens is 3. The monoisotopic (exact) mass is 600 g/mol. The van der Waals surface area contributed by atoms with E-state index in [4.69, 9.17) is 15.0 Å². The lowest BCUT2D eigenvalue weighted by Gasteiger charge is -2.35. The summed E-state index contributed by atoms with van der Waals surface area (Å²) < 4.78 is 0. The van der Waals surface area contributed by atoms with Crippen LogP contribution in [0.4, 0.5) is 17.1 Å². The van der Waals surface area contributed by atoms with E-state index in [-0.39, 0.29) is 0 Å². The molecule has 220 valence electrons. The molecule has 2 heterocycles. The zero-order chi connectivity index (χ0) is 31.2. The van der Waals surface area contributed by atoms with Gasteiger partial charge in [-0.1, -0.05) is 146 Å². The zero-order valence-electron chi connectivity index (χ0n) is 25.5. The maximum atomic E-state index is 5.15. The summed E-state index contributed by atoms with van der Waals surface area (Å²) in [6.07, 6.45) is 0. The number of benzene rings is 7. The molecule has 0 saturated carbocycles. The van der Waals surface area contributed by atoms with Crippen LogP contribution in [0.3, 0.4) is 0 Å². The van der Waals surface area contributed by atoms with Crippen LogP contribution < -0.4 is 4.90 Å². The van der Waals surface area contributed by atoms with Gasteiger partial charge in [0.1, 0.15) is 0 Å². The fourth-order valence-corrected chi connectivity index (χ4v) is 6.75. The minimum Gasteiger partial charge on any atom is -0.308 e. The number of para-hydroxylation sites is 2. The van der Waals surface area contributed by atoms with Crippen molar-refractivity contribution in [1.82, 2.24) is 15.0 Å². The summed E-state index contributed by atoms with van der Waals surface area (Å²) in [7, 11) is 0. The Morgan fingerprint density at radius 2 is 0.851 bits per heavy atom. The van der Waals surface area contributed by atoms with Crippen molar-refractivity contribution in [3.63, 3.8) is 0 Å². The summed E-state index contributed by atoms with van der Waals surface area (Å²) in [5, 5.41) is 2.45. The molecule has 0 aliphatic carbocycles. The maximum absolute atomic E-state index is 5.15. The van der Waals surface area contributed by atoms with Gasteiger partial charge < -0.3 is 4.90 Å². The predicted octanol–water partition coefficient (Wildman–Crippen LogP) is 11.1. The quantitative estimate of drug-likeness (QED) is 0.197. The summed E-state index contributed by atoms with van der Waals surface area (Å²) in [4.78, 5) is 17.6. The van der Waals surface area contributed by atoms with Crippen LogP contribution in [-0.4, -0.2) is 15.0 Å². The van der Waals surface area contributed by atoms with Crippen LogP contribution in [0.1, 0.15) is 0 Å². The second kappa shape index (κ2) is 11.2. The van der Waals surface area contributed by atoms with E-state index in [1.54, 1.807) is 0 Å². The molecule has 1 aromatic heterocycles. The molecule has 47 heavy (non-hydrogen) atoms. The Hall–Kier alpha value is -6.39. The SMILES string of the molecule is c1ccc(-c2nc(-c3ccccc3)nc(-c3cccc4c3N(c3ccccc3)c3ccc(-c5ccccc5)c5cccc-4c35)n2)cc1. The highest BCUT2D eigenvalue weighted by molar-refractivity contribution is 6.18. The van der Waals surface area contributed by atoms with Crippen molar-refractivity contribution in [3.05, 3.63) is 170 Å². The number of rotatable bonds is 5. The van der Waals surface area contributed by atoms with Crippen LogP contribution >= 0.6 is 0 Å². The van der Waals surface area contributed by atoms with Crippen molar-refractivity contribution < 1.29 is 0 Å². The Labute approximate surface area is 273 Å². The number of fused-ring (bicyclic) bond motifs is 2. The molecule has 4 heteroatoms. The first-order chi connectivity index (χ1) is 23.3. The van der Waals surface area contributed by atoms with Crippen LogP contribution in [-0.2, 0) is 0 Å². The lowest BCUT2D eigenvalue weighted by molar-refractivity contribution is 1.07. The van der Waals surface area contributed by atoms with Gasteiger partial charge in [-0.2, -0.15) is 0 Å². The molecule has 0 radical (unpaired) electrons. The molecule has 0 spiro atoms. The average molecular weight is 601 g/mol. The fourth-order valence-electron chi connectivity index (χ4n) is 6.75. The average Bonchev–Trinajstić information content (AvgIpc) is 3.16. The minimum atomic E-state index is 0.631. The molecule has 1 aliphatic heterocycles. The molecule has 7 aromatic carbocycles. The van der Waals surface area contributed by atoms with E-state index in [0.29, 0.717) is 17.5 Å². The largest absolute Gasteiger partial charge is 0.308 e. The molecule has 0 amide bonds. The molecule has 0 fully saturated rings. The van der Waals surface area contributed by atoms with E-state index in [9.17, 15) is 0 Å². The van der Waals surface area contributed by atoms with Crippen molar-refractivity contribution >= 4 is 27.8 Å². The smallest absolute Gasteiger partial charge is 0.166 e. The van der Waals surface area contributed by atoms with E-state index >= 15 is 0 Å². The highest BCUT2D eigenvalue weighted by Gasteiger charge is 2.30. The molecule has 4 nitrogen and oxygen atoms in total. The Kier molecular flexibility index (Phi) is 6.43. The van der Waals surface area contributed by atoms with Gasteiger partial charge in [0.2, 0.25) is 0 Å². The van der Waals surface area contributed by atoms with Gasteiger partial charge in [-0.25, -0.2) is 15.0 Å². The highest BCUT2D eigenvalue weighted by Crippen LogP contribution is 2.55. The lowest BCUT2D eigenvalue weighted by atomic mass is 9.86. The first kappa shape index (κ1) is 27.0. The van der Waals surface area contributed by atoms with E-state index in [2.05, 4.69) is 114 Å². The van der Waals surface area contributed by atoms with Crippen LogP contribution in [0, 0.1) is 0 Å². The third kappa shape index (κ3) is 4.58. The van der Waals surface area contributed by atoms with E-state index in [1.165, 1.54) is 27.5 Å². The normalized spacial score (nSPS) is 11.8.